The molecule has 1 unspecified atom stereocenters. The number of hydrogen-bond acceptors (Lipinski definition) is 5. The van der Waals surface area contributed by atoms with Gasteiger partial charge in [0, 0.05) is 35.5 Å². The van der Waals surface area contributed by atoms with E-state index < -0.39 is 5.82 Å². The summed E-state index contributed by atoms with van der Waals surface area (Å²) in [6.07, 6.45) is 12.1. The minimum Gasteiger partial charge on any atom is -0.494 e. The molecular weight excluding hydrogens is 503 g/mol. The van der Waals surface area contributed by atoms with E-state index in [9.17, 15) is 9.18 Å². The normalized spacial score (nSPS) is 19.1. The summed E-state index contributed by atoms with van der Waals surface area (Å²) in [6.45, 7) is 3.12. The van der Waals surface area contributed by atoms with Crippen molar-refractivity contribution in [2.75, 3.05) is 25.5 Å². The fourth-order valence-corrected chi connectivity index (χ4v) is 5.07. The summed E-state index contributed by atoms with van der Waals surface area (Å²) < 4.78 is 19.9. The molecule has 4 rings (SSSR count). The van der Waals surface area contributed by atoms with Crippen LogP contribution in [0.5, 0.6) is 5.75 Å². The van der Waals surface area contributed by atoms with E-state index in [1.807, 2.05) is 25.1 Å². The third-order valence-corrected chi connectivity index (χ3v) is 7.19. The van der Waals surface area contributed by atoms with Crippen molar-refractivity contribution < 1.29 is 13.9 Å². The van der Waals surface area contributed by atoms with Crippen molar-refractivity contribution >= 4 is 34.5 Å². The van der Waals surface area contributed by atoms with Gasteiger partial charge in [0.2, 0.25) is 0 Å². The van der Waals surface area contributed by atoms with E-state index in [0.29, 0.717) is 30.6 Å². The van der Waals surface area contributed by atoms with Gasteiger partial charge in [-0.25, -0.2) is 4.39 Å². The van der Waals surface area contributed by atoms with E-state index >= 15 is 0 Å². The molecule has 0 spiro atoms. The first-order valence-electron chi connectivity index (χ1n) is 13.0. The Morgan fingerprint density at radius 1 is 1.26 bits per heavy atom. The highest BCUT2D eigenvalue weighted by Crippen LogP contribution is 2.41. The van der Waals surface area contributed by atoms with Crippen molar-refractivity contribution in [1.82, 2.24) is 5.32 Å². The van der Waals surface area contributed by atoms with Gasteiger partial charge in [0.05, 0.1) is 23.5 Å². The average Bonchev–Trinajstić information content (AvgIpc) is 3.37. The minimum atomic E-state index is -0.572. The summed E-state index contributed by atoms with van der Waals surface area (Å²) in [5.74, 6) is -0.607. The molecular formula is C30H34ClFN4O2. The maximum Gasteiger partial charge on any atom is 0.251 e. The Morgan fingerprint density at radius 2 is 2.11 bits per heavy atom. The number of hydrogen-bond donors (Lipinski definition) is 3. The molecule has 0 saturated heterocycles. The molecule has 1 aliphatic carbocycles. The van der Waals surface area contributed by atoms with Crippen LogP contribution in [0.1, 0.15) is 54.1 Å². The van der Waals surface area contributed by atoms with Gasteiger partial charge in [-0.1, -0.05) is 36.8 Å². The number of allylic oxidation sites excluding steroid dienone is 5. The van der Waals surface area contributed by atoms with Crippen molar-refractivity contribution in [2.24, 2.45) is 16.6 Å². The number of fused-ring (bicyclic) bond motifs is 1. The molecule has 0 aromatic heterocycles. The van der Waals surface area contributed by atoms with Gasteiger partial charge in [0.15, 0.2) is 11.6 Å². The first-order valence-corrected chi connectivity index (χ1v) is 13.4. The van der Waals surface area contributed by atoms with E-state index in [2.05, 4.69) is 28.9 Å². The molecule has 2 aromatic carbocycles. The van der Waals surface area contributed by atoms with Crippen LogP contribution in [-0.2, 0) is 6.42 Å². The molecule has 200 valence electrons. The van der Waals surface area contributed by atoms with Crippen LogP contribution in [0.2, 0.25) is 5.02 Å². The van der Waals surface area contributed by atoms with E-state index in [4.69, 9.17) is 27.1 Å². The molecule has 1 atom stereocenters. The highest BCUT2D eigenvalue weighted by molar-refractivity contribution is 6.33. The molecule has 2 aliphatic rings. The van der Waals surface area contributed by atoms with Crippen LogP contribution in [0.3, 0.4) is 0 Å². The molecule has 4 N–H and O–H groups in total. The lowest BCUT2D eigenvalue weighted by molar-refractivity contribution is 0.0952. The predicted molar refractivity (Wildman–Crippen MR) is 153 cm³/mol. The molecule has 8 heteroatoms. The van der Waals surface area contributed by atoms with Crippen LogP contribution in [0.15, 0.2) is 65.4 Å². The number of nitrogens with zero attached hydrogens (tertiary/aromatic N) is 1. The maximum atomic E-state index is 14.8. The monoisotopic (exact) mass is 536 g/mol. The molecule has 2 aromatic rings. The second-order valence-electron chi connectivity index (χ2n) is 9.25. The number of nitrogens with two attached hydrogens (primary N) is 1. The fourth-order valence-electron chi connectivity index (χ4n) is 4.81. The SMILES string of the molecule is CCc1cc(N/C2=C\C/C=C\CCC3C(c4ccc(OC)c(F)c4Cl)=CN=C23)ccc1C(=O)NCCCN. The van der Waals surface area contributed by atoms with Crippen molar-refractivity contribution in [2.45, 2.75) is 39.0 Å². The number of nitrogens with one attached hydrogen (secondary N) is 2. The number of carbonyl (C=O) groups excluding carboxylic acids is 1. The van der Waals surface area contributed by atoms with Gasteiger partial charge in [-0.2, -0.15) is 0 Å². The van der Waals surface area contributed by atoms with Crippen molar-refractivity contribution in [3.8, 4) is 5.75 Å². The zero-order valence-corrected chi connectivity index (χ0v) is 22.6. The Bertz CT molecular complexity index is 1320. The molecule has 1 heterocycles. The summed E-state index contributed by atoms with van der Waals surface area (Å²) >= 11 is 6.44. The third kappa shape index (κ3) is 6.00. The van der Waals surface area contributed by atoms with Crippen LogP contribution >= 0.6 is 11.6 Å². The summed E-state index contributed by atoms with van der Waals surface area (Å²) in [6, 6.07) is 9.16. The zero-order chi connectivity index (χ0) is 27.1. The molecule has 0 bridgehead atoms. The van der Waals surface area contributed by atoms with Crippen molar-refractivity contribution in [3.63, 3.8) is 0 Å². The summed E-state index contributed by atoms with van der Waals surface area (Å²) in [7, 11) is 1.42. The topological polar surface area (TPSA) is 88.7 Å². The van der Waals surface area contributed by atoms with Crippen LogP contribution in [0, 0.1) is 11.7 Å². The number of rotatable bonds is 9. The van der Waals surface area contributed by atoms with Crippen LogP contribution < -0.4 is 21.1 Å². The van der Waals surface area contributed by atoms with Crippen LogP contribution in [0.4, 0.5) is 10.1 Å². The van der Waals surface area contributed by atoms with Crippen molar-refractivity contribution in [3.05, 3.63) is 88.0 Å². The highest BCUT2D eigenvalue weighted by Gasteiger charge is 2.31. The molecule has 0 saturated carbocycles. The van der Waals surface area contributed by atoms with Gasteiger partial charge >= 0.3 is 0 Å². The molecule has 1 aliphatic heterocycles. The van der Waals surface area contributed by atoms with Gasteiger partial charge < -0.3 is 21.1 Å². The lowest BCUT2D eigenvalue weighted by Crippen LogP contribution is -2.27. The smallest absolute Gasteiger partial charge is 0.251 e. The summed E-state index contributed by atoms with van der Waals surface area (Å²) in [5, 5.41) is 6.52. The lowest BCUT2D eigenvalue weighted by Gasteiger charge is -2.22. The van der Waals surface area contributed by atoms with Gasteiger partial charge in [-0.3, -0.25) is 9.79 Å². The van der Waals surface area contributed by atoms with E-state index in [1.54, 1.807) is 18.3 Å². The number of benzene rings is 2. The number of carbonyl (C=O) groups is 1. The number of ether oxygens (including phenoxy) is 1. The molecule has 6 nitrogen and oxygen atoms in total. The molecule has 0 fully saturated rings. The average molecular weight is 537 g/mol. The van der Waals surface area contributed by atoms with Gasteiger partial charge in [0.1, 0.15) is 0 Å². The van der Waals surface area contributed by atoms with Gasteiger partial charge in [0.25, 0.3) is 5.91 Å². The van der Waals surface area contributed by atoms with E-state index in [0.717, 1.165) is 53.9 Å². The number of amides is 1. The Morgan fingerprint density at radius 3 is 2.87 bits per heavy atom. The van der Waals surface area contributed by atoms with Gasteiger partial charge in [-0.05, 0) is 80.1 Å². The van der Waals surface area contributed by atoms with Gasteiger partial charge in [-0.15, -0.1) is 0 Å². The molecule has 38 heavy (non-hydrogen) atoms. The minimum absolute atomic E-state index is 0.0360. The maximum absolute atomic E-state index is 14.8. The number of aliphatic imine (C=N–C) groups is 1. The Balaban J connectivity index is 1.60. The van der Waals surface area contributed by atoms with Crippen LogP contribution in [0.25, 0.3) is 5.57 Å². The molecule has 0 radical (unpaired) electrons. The Labute approximate surface area is 228 Å². The zero-order valence-electron chi connectivity index (χ0n) is 21.8. The van der Waals surface area contributed by atoms with Crippen LogP contribution in [-0.4, -0.2) is 31.8 Å². The quantitative estimate of drug-likeness (QED) is 0.260. The highest BCUT2D eigenvalue weighted by atomic mass is 35.5. The standard InChI is InChI=1S/C30H34ClFN4O2/c1-3-19-17-20(11-12-21(19)30(37)34-16-8-15-33)36-25-10-7-5-4-6-9-23-24(18-35-29(23)25)22-13-14-26(38-2)28(32)27(22)31/h4-5,10-14,17-18,23,36H,3,6-9,15-16,33H2,1-2H3,(H,34,37)/b5-4-,25-10-. The second-order valence-corrected chi connectivity index (χ2v) is 9.62. The summed E-state index contributed by atoms with van der Waals surface area (Å²) in [4.78, 5) is 17.5. The number of halogens is 2. The number of anilines is 1. The third-order valence-electron chi connectivity index (χ3n) is 6.82. The number of aryl methyl sites for hydroxylation is 1. The first kappa shape index (κ1) is 27.6. The predicted octanol–water partition coefficient (Wildman–Crippen LogP) is 6.28. The summed E-state index contributed by atoms with van der Waals surface area (Å²) in [5.41, 5.74) is 11.3. The Kier molecular flexibility index (Phi) is 9.37. The molecule has 1 amide bonds. The lowest BCUT2D eigenvalue weighted by atomic mass is 9.86. The first-order chi connectivity index (χ1) is 18.5. The Hall–Kier alpha value is -3.42. The largest absolute Gasteiger partial charge is 0.494 e. The van der Waals surface area contributed by atoms with E-state index in [1.165, 1.54) is 7.11 Å². The van der Waals surface area contributed by atoms with Crippen molar-refractivity contribution in [1.29, 1.82) is 0 Å². The fraction of sp³-hybridized carbons (Fsp3) is 0.333. The van der Waals surface area contributed by atoms with E-state index in [-0.39, 0.29) is 22.6 Å². The number of methoxy groups -OCH3 is 1. The second kappa shape index (κ2) is 12.9.